The summed E-state index contributed by atoms with van der Waals surface area (Å²) in [6.07, 6.45) is 0.337. The lowest BCUT2D eigenvalue weighted by molar-refractivity contribution is -0.142. The molecule has 0 saturated heterocycles. The number of aromatic nitrogens is 1. The number of methoxy groups -OCH3 is 2. The van der Waals surface area contributed by atoms with Crippen molar-refractivity contribution >= 4 is 5.97 Å². The summed E-state index contributed by atoms with van der Waals surface area (Å²) in [5, 5.41) is 0. The third-order valence-electron chi connectivity index (χ3n) is 1.92. The van der Waals surface area contributed by atoms with Gasteiger partial charge < -0.3 is 15.2 Å². The van der Waals surface area contributed by atoms with E-state index in [0.717, 1.165) is 0 Å². The molecule has 15 heavy (non-hydrogen) atoms. The number of hydrogen-bond acceptors (Lipinski definition) is 5. The first-order chi connectivity index (χ1) is 7.17. The van der Waals surface area contributed by atoms with Crippen LogP contribution >= 0.6 is 0 Å². The Labute approximate surface area is 88.2 Å². The van der Waals surface area contributed by atoms with Gasteiger partial charge in [0.25, 0.3) is 0 Å². The van der Waals surface area contributed by atoms with Gasteiger partial charge in [-0.2, -0.15) is 0 Å². The third-order valence-corrected chi connectivity index (χ3v) is 1.92. The fourth-order valence-electron chi connectivity index (χ4n) is 1.14. The lowest BCUT2D eigenvalue weighted by atomic mass is 10.1. The van der Waals surface area contributed by atoms with Gasteiger partial charge in [-0.15, -0.1) is 0 Å². The van der Waals surface area contributed by atoms with Crippen molar-refractivity contribution < 1.29 is 14.3 Å². The van der Waals surface area contributed by atoms with E-state index < -0.39 is 12.0 Å². The predicted molar refractivity (Wildman–Crippen MR) is 54.5 cm³/mol. The van der Waals surface area contributed by atoms with Gasteiger partial charge in [0.2, 0.25) is 5.88 Å². The maximum absolute atomic E-state index is 11.1. The van der Waals surface area contributed by atoms with E-state index in [-0.39, 0.29) is 0 Å². The Morgan fingerprint density at radius 3 is 2.87 bits per heavy atom. The van der Waals surface area contributed by atoms with E-state index in [0.29, 0.717) is 18.0 Å². The lowest BCUT2D eigenvalue weighted by Crippen LogP contribution is -2.33. The molecule has 1 aromatic rings. The van der Waals surface area contributed by atoms with Crippen molar-refractivity contribution in [3.05, 3.63) is 23.9 Å². The molecule has 0 aliphatic carbocycles. The van der Waals surface area contributed by atoms with Crippen LogP contribution in [0.3, 0.4) is 0 Å². The molecule has 5 heteroatoms. The molecule has 0 spiro atoms. The molecular weight excluding hydrogens is 196 g/mol. The first-order valence-electron chi connectivity index (χ1n) is 4.50. The zero-order valence-electron chi connectivity index (χ0n) is 8.77. The van der Waals surface area contributed by atoms with Gasteiger partial charge in [-0.1, -0.05) is 6.07 Å². The van der Waals surface area contributed by atoms with Gasteiger partial charge in [-0.25, -0.2) is 4.98 Å². The van der Waals surface area contributed by atoms with E-state index in [9.17, 15) is 4.79 Å². The molecular formula is C10H14N2O3. The van der Waals surface area contributed by atoms with Crippen LogP contribution in [-0.4, -0.2) is 31.2 Å². The highest BCUT2D eigenvalue weighted by Gasteiger charge is 2.14. The summed E-state index contributed by atoms with van der Waals surface area (Å²) >= 11 is 0. The van der Waals surface area contributed by atoms with Gasteiger partial charge in [0, 0.05) is 18.2 Å². The minimum Gasteiger partial charge on any atom is -0.481 e. The first-order valence-corrected chi connectivity index (χ1v) is 4.50. The molecule has 1 aromatic heterocycles. The molecule has 0 aliphatic heterocycles. The van der Waals surface area contributed by atoms with Gasteiger partial charge in [0.15, 0.2) is 0 Å². The molecule has 0 saturated carbocycles. The Morgan fingerprint density at radius 2 is 2.27 bits per heavy atom. The van der Waals surface area contributed by atoms with Gasteiger partial charge in [0.1, 0.15) is 6.04 Å². The molecule has 1 atom stereocenters. The Hall–Kier alpha value is -1.62. The molecule has 0 unspecified atom stereocenters. The van der Waals surface area contributed by atoms with Gasteiger partial charge in [0.05, 0.1) is 14.2 Å². The van der Waals surface area contributed by atoms with Crippen LogP contribution in [-0.2, 0) is 16.0 Å². The van der Waals surface area contributed by atoms with E-state index in [1.807, 2.05) is 0 Å². The zero-order chi connectivity index (χ0) is 11.3. The average molecular weight is 210 g/mol. The summed E-state index contributed by atoms with van der Waals surface area (Å²) in [6.45, 7) is 0. The quantitative estimate of drug-likeness (QED) is 0.715. The standard InChI is InChI=1S/C10H14N2O3/c1-14-9-5-3-4-7(12-9)6-8(11)10(13)15-2/h3-5,8H,6,11H2,1-2H3/t8-/m1/s1. The largest absolute Gasteiger partial charge is 0.481 e. The Kier molecular flexibility index (Phi) is 4.05. The van der Waals surface area contributed by atoms with E-state index in [1.165, 1.54) is 14.2 Å². The van der Waals surface area contributed by atoms with Gasteiger partial charge >= 0.3 is 5.97 Å². The summed E-state index contributed by atoms with van der Waals surface area (Å²) in [5.41, 5.74) is 6.30. The van der Waals surface area contributed by atoms with Crippen molar-refractivity contribution in [1.29, 1.82) is 0 Å². The van der Waals surface area contributed by atoms with Crippen LogP contribution in [0.2, 0.25) is 0 Å². The Bertz CT molecular complexity index is 341. The Balaban J connectivity index is 2.67. The number of carbonyl (C=O) groups is 1. The summed E-state index contributed by atoms with van der Waals surface area (Å²) in [7, 11) is 2.84. The van der Waals surface area contributed by atoms with Crippen molar-refractivity contribution in [3.63, 3.8) is 0 Å². The summed E-state index contributed by atoms with van der Waals surface area (Å²) in [4.78, 5) is 15.2. The highest BCUT2D eigenvalue weighted by Crippen LogP contribution is 2.08. The highest BCUT2D eigenvalue weighted by molar-refractivity contribution is 5.75. The molecule has 2 N–H and O–H groups in total. The molecule has 0 aromatic carbocycles. The van der Waals surface area contributed by atoms with Crippen LogP contribution in [0.15, 0.2) is 18.2 Å². The SMILES string of the molecule is COC(=O)[C@H](N)Cc1cccc(OC)n1. The predicted octanol–water partition coefficient (Wildman–Crippen LogP) is 0.133. The maximum Gasteiger partial charge on any atom is 0.323 e. The second-order valence-corrected chi connectivity index (χ2v) is 3.01. The number of nitrogens with two attached hydrogens (primary N) is 1. The van der Waals surface area contributed by atoms with E-state index >= 15 is 0 Å². The maximum atomic E-state index is 11.1. The normalized spacial score (nSPS) is 11.9. The second kappa shape index (κ2) is 5.31. The average Bonchev–Trinajstić information content (AvgIpc) is 2.28. The number of rotatable bonds is 4. The first kappa shape index (κ1) is 11.5. The van der Waals surface area contributed by atoms with Gasteiger partial charge in [-0.3, -0.25) is 4.79 Å². The summed E-state index contributed by atoms with van der Waals surface area (Å²) < 4.78 is 9.47. The molecule has 0 amide bonds. The molecule has 1 heterocycles. The topological polar surface area (TPSA) is 74.4 Å². The number of pyridine rings is 1. The van der Waals surface area contributed by atoms with Crippen LogP contribution in [0.25, 0.3) is 0 Å². The minimum absolute atomic E-state index is 0.337. The van der Waals surface area contributed by atoms with Crippen molar-refractivity contribution in [3.8, 4) is 5.88 Å². The number of hydrogen-bond donors (Lipinski definition) is 1. The van der Waals surface area contributed by atoms with Crippen molar-refractivity contribution in [2.45, 2.75) is 12.5 Å². The fraction of sp³-hybridized carbons (Fsp3) is 0.400. The molecule has 0 bridgehead atoms. The summed E-state index contributed by atoms with van der Waals surface area (Å²) in [6, 6.07) is 4.62. The number of nitrogens with zero attached hydrogens (tertiary/aromatic N) is 1. The van der Waals surface area contributed by atoms with Crippen LogP contribution in [0.4, 0.5) is 0 Å². The molecule has 0 fully saturated rings. The molecule has 5 nitrogen and oxygen atoms in total. The number of carbonyl (C=O) groups excluding carboxylic acids is 1. The van der Waals surface area contributed by atoms with Crippen LogP contribution in [0.1, 0.15) is 5.69 Å². The number of ether oxygens (including phenoxy) is 2. The van der Waals surface area contributed by atoms with Gasteiger partial charge in [-0.05, 0) is 6.07 Å². The monoisotopic (exact) mass is 210 g/mol. The van der Waals surface area contributed by atoms with Crippen molar-refractivity contribution in [2.75, 3.05) is 14.2 Å². The van der Waals surface area contributed by atoms with Crippen LogP contribution < -0.4 is 10.5 Å². The van der Waals surface area contributed by atoms with E-state index in [4.69, 9.17) is 10.5 Å². The fourth-order valence-corrected chi connectivity index (χ4v) is 1.14. The van der Waals surface area contributed by atoms with Crippen LogP contribution in [0, 0.1) is 0 Å². The molecule has 0 aliphatic rings. The second-order valence-electron chi connectivity index (χ2n) is 3.01. The van der Waals surface area contributed by atoms with Crippen LogP contribution in [0.5, 0.6) is 5.88 Å². The highest BCUT2D eigenvalue weighted by atomic mass is 16.5. The lowest BCUT2D eigenvalue weighted by Gasteiger charge is -2.08. The Morgan fingerprint density at radius 1 is 1.53 bits per heavy atom. The molecule has 1 rings (SSSR count). The smallest absolute Gasteiger partial charge is 0.323 e. The minimum atomic E-state index is -0.686. The zero-order valence-corrected chi connectivity index (χ0v) is 8.77. The number of esters is 1. The van der Waals surface area contributed by atoms with E-state index in [2.05, 4.69) is 9.72 Å². The summed E-state index contributed by atoms with van der Waals surface area (Å²) in [5.74, 6) is 0.0594. The third kappa shape index (κ3) is 3.21. The van der Waals surface area contributed by atoms with Crippen molar-refractivity contribution in [1.82, 2.24) is 4.98 Å². The molecule has 0 radical (unpaired) electrons. The molecule has 82 valence electrons. The van der Waals surface area contributed by atoms with E-state index in [1.54, 1.807) is 18.2 Å². The van der Waals surface area contributed by atoms with Crippen molar-refractivity contribution in [2.24, 2.45) is 5.73 Å².